The predicted molar refractivity (Wildman–Crippen MR) is 91.7 cm³/mol. The maximum absolute atomic E-state index is 11.8. The Morgan fingerprint density at radius 2 is 2.22 bits per heavy atom. The largest absolute Gasteiger partial charge is 0.381 e. The van der Waals surface area contributed by atoms with Crippen LogP contribution >= 0.6 is 11.3 Å². The number of aryl methyl sites for hydroxylation is 1. The molecule has 1 fully saturated rings. The maximum Gasteiger partial charge on any atom is 0.243 e. The normalized spacial score (nSPS) is 16.2. The van der Waals surface area contributed by atoms with Crippen molar-refractivity contribution in [2.45, 2.75) is 32.4 Å². The monoisotopic (exact) mass is 339 g/mol. The van der Waals surface area contributed by atoms with E-state index in [2.05, 4.69) is 20.6 Å². The fraction of sp³-hybridized carbons (Fsp3) is 0.667. The van der Waals surface area contributed by atoms with Crippen LogP contribution in [0.1, 0.15) is 23.5 Å². The number of aromatic nitrogens is 1. The molecule has 128 valence electrons. The molecule has 1 aromatic heterocycles. The second-order valence-corrected chi connectivity index (χ2v) is 6.66. The summed E-state index contributed by atoms with van der Waals surface area (Å²) >= 11 is 1.62. The first-order valence-electron chi connectivity index (χ1n) is 7.78. The molecule has 1 aliphatic heterocycles. The van der Waals surface area contributed by atoms with Gasteiger partial charge in [0.15, 0.2) is 5.96 Å². The summed E-state index contributed by atoms with van der Waals surface area (Å²) in [6.07, 6.45) is 1.89. The van der Waals surface area contributed by atoms with E-state index in [4.69, 9.17) is 4.74 Å². The first kappa shape index (κ1) is 17.7. The zero-order valence-electron chi connectivity index (χ0n) is 14.0. The number of amides is 1. The van der Waals surface area contributed by atoms with Gasteiger partial charge in [-0.05, 0) is 19.8 Å². The molecule has 0 aromatic carbocycles. The first-order chi connectivity index (χ1) is 11.0. The molecule has 1 aliphatic rings. The number of likely N-dealkylation sites (N-methyl/N-ethyl adjacent to an activating group) is 1. The number of guanidine groups is 1. The summed E-state index contributed by atoms with van der Waals surface area (Å²) in [7, 11) is 3.46. The van der Waals surface area contributed by atoms with E-state index in [0.717, 1.165) is 36.8 Å². The summed E-state index contributed by atoms with van der Waals surface area (Å²) in [5.41, 5.74) is 1.02. The zero-order valence-corrected chi connectivity index (χ0v) is 14.8. The summed E-state index contributed by atoms with van der Waals surface area (Å²) in [6.45, 7) is 4.22. The number of carbonyl (C=O) groups excluding carboxylic acids is 1. The van der Waals surface area contributed by atoms with E-state index in [0.29, 0.717) is 18.5 Å². The number of nitrogens with one attached hydrogen (secondary N) is 2. The van der Waals surface area contributed by atoms with Crippen LogP contribution in [-0.2, 0) is 16.1 Å². The lowest BCUT2D eigenvalue weighted by molar-refractivity contribution is -0.127. The van der Waals surface area contributed by atoms with E-state index < -0.39 is 0 Å². The fourth-order valence-electron chi connectivity index (χ4n) is 2.12. The Kier molecular flexibility index (Phi) is 6.79. The molecule has 0 aliphatic carbocycles. The van der Waals surface area contributed by atoms with Crippen molar-refractivity contribution in [3.63, 3.8) is 0 Å². The second kappa shape index (κ2) is 8.83. The maximum atomic E-state index is 11.8. The fourth-order valence-corrected chi connectivity index (χ4v) is 2.83. The standard InChI is InChI=1S/C15H25N5O2S/c1-11-10-23-13(18-11)8-16-15(17-9-14(21)20(2)3)19-12-4-6-22-7-5-12/h10,12H,4-9H2,1-3H3,(H2,16,17,19). The molecule has 1 aromatic rings. The van der Waals surface area contributed by atoms with E-state index in [1.165, 1.54) is 0 Å². The molecule has 0 spiro atoms. The van der Waals surface area contributed by atoms with Gasteiger partial charge in [0, 0.05) is 44.4 Å². The molecule has 0 saturated carbocycles. The van der Waals surface area contributed by atoms with Gasteiger partial charge in [-0.1, -0.05) is 0 Å². The molecule has 2 heterocycles. The summed E-state index contributed by atoms with van der Waals surface area (Å²) in [5, 5.41) is 9.68. The Morgan fingerprint density at radius 3 is 2.83 bits per heavy atom. The molecular formula is C15H25N5O2S. The second-order valence-electron chi connectivity index (χ2n) is 5.72. The molecule has 1 saturated heterocycles. The van der Waals surface area contributed by atoms with Crippen molar-refractivity contribution >= 4 is 23.2 Å². The molecule has 0 bridgehead atoms. The zero-order chi connectivity index (χ0) is 16.7. The summed E-state index contributed by atoms with van der Waals surface area (Å²) in [4.78, 5) is 22.1. The van der Waals surface area contributed by atoms with Crippen LogP contribution in [0.2, 0.25) is 0 Å². The van der Waals surface area contributed by atoms with Crippen LogP contribution in [0.25, 0.3) is 0 Å². The Hall–Kier alpha value is -1.67. The van der Waals surface area contributed by atoms with E-state index >= 15 is 0 Å². The smallest absolute Gasteiger partial charge is 0.243 e. The van der Waals surface area contributed by atoms with Crippen molar-refractivity contribution in [2.24, 2.45) is 4.99 Å². The average molecular weight is 339 g/mol. The third-order valence-electron chi connectivity index (χ3n) is 3.51. The van der Waals surface area contributed by atoms with Crippen molar-refractivity contribution in [3.8, 4) is 0 Å². The van der Waals surface area contributed by atoms with Crippen LogP contribution in [-0.4, -0.2) is 61.6 Å². The average Bonchev–Trinajstić information content (AvgIpc) is 2.96. The highest BCUT2D eigenvalue weighted by Crippen LogP contribution is 2.08. The summed E-state index contributed by atoms with van der Waals surface area (Å²) in [5.74, 6) is 0.628. The van der Waals surface area contributed by atoms with Gasteiger partial charge in [-0.3, -0.25) is 4.79 Å². The lowest BCUT2D eigenvalue weighted by atomic mass is 10.1. The SMILES string of the molecule is Cc1csc(CNC(=NCC(=O)N(C)C)NC2CCOCC2)n1. The molecule has 7 nitrogen and oxygen atoms in total. The van der Waals surface area contributed by atoms with Crippen LogP contribution in [0.3, 0.4) is 0 Å². The van der Waals surface area contributed by atoms with E-state index in [-0.39, 0.29) is 12.5 Å². The van der Waals surface area contributed by atoms with Gasteiger partial charge in [0.2, 0.25) is 5.91 Å². The summed E-state index contributed by atoms with van der Waals surface area (Å²) < 4.78 is 5.37. The van der Waals surface area contributed by atoms with Crippen molar-refractivity contribution in [2.75, 3.05) is 33.9 Å². The number of hydrogen-bond donors (Lipinski definition) is 2. The summed E-state index contributed by atoms with van der Waals surface area (Å²) in [6, 6.07) is 0.322. The highest BCUT2D eigenvalue weighted by molar-refractivity contribution is 7.09. The molecule has 8 heteroatoms. The number of hydrogen-bond acceptors (Lipinski definition) is 5. The molecule has 0 radical (unpaired) electrons. The lowest BCUT2D eigenvalue weighted by Crippen LogP contribution is -2.45. The van der Waals surface area contributed by atoms with Crippen LogP contribution in [0, 0.1) is 6.92 Å². The van der Waals surface area contributed by atoms with Crippen LogP contribution in [0.15, 0.2) is 10.4 Å². The Bertz CT molecular complexity index is 538. The van der Waals surface area contributed by atoms with Gasteiger partial charge in [0.25, 0.3) is 0 Å². The Labute approximate surface area is 141 Å². The van der Waals surface area contributed by atoms with Crippen LogP contribution in [0.5, 0.6) is 0 Å². The highest BCUT2D eigenvalue weighted by atomic mass is 32.1. The van der Waals surface area contributed by atoms with Gasteiger partial charge in [-0.2, -0.15) is 0 Å². The molecule has 1 amide bonds. The van der Waals surface area contributed by atoms with Crippen molar-refractivity contribution in [3.05, 3.63) is 16.1 Å². The quantitative estimate of drug-likeness (QED) is 0.611. The number of thiazole rings is 1. The third-order valence-corrected chi connectivity index (χ3v) is 4.47. The number of carbonyl (C=O) groups is 1. The topological polar surface area (TPSA) is 78.9 Å². The first-order valence-corrected chi connectivity index (χ1v) is 8.66. The van der Waals surface area contributed by atoms with Gasteiger partial charge in [0.05, 0.1) is 6.54 Å². The van der Waals surface area contributed by atoms with E-state index in [1.807, 2.05) is 12.3 Å². The minimum atomic E-state index is -0.0248. The third kappa shape index (κ3) is 6.15. The van der Waals surface area contributed by atoms with E-state index in [9.17, 15) is 4.79 Å². The van der Waals surface area contributed by atoms with Gasteiger partial charge in [-0.25, -0.2) is 9.98 Å². The molecule has 2 rings (SSSR count). The van der Waals surface area contributed by atoms with Gasteiger partial charge >= 0.3 is 0 Å². The van der Waals surface area contributed by atoms with Crippen LogP contribution < -0.4 is 10.6 Å². The minimum absolute atomic E-state index is 0.0248. The highest BCUT2D eigenvalue weighted by Gasteiger charge is 2.15. The number of nitrogens with zero attached hydrogens (tertiary/aromatic N) is 3. The number of ether oxygens (including phenoxy) is 1. The molecule has 23 heavy (non-hydrogen) atoms. The van der Waals surface area contributed by atoms with Gasteiger partial charge in [0.1, 0.15) is 11.6 Å². The number of aliphatic imine (C=N–C) groups is 1. The number of rotatable bonds is 5. The molecule has 0 unspecified atom stereocenters. The molecule has 2 N–H and O–H groups in total. The lowest BCUT2D eigenvalue weighted by Gasteiger charge is -2.25. The van der Waals surface area contributed by atoms with Crippen molar-refractivity contribution in [1.29, 1.82) is 0 Å². The Balaban J connectivity index is 1.94. The molecule has 0 atom stereocenters. The van der Waals surface area contributed by atoms with Crippen molar-refractivity contribution < 1.29 is 9.53 Å². The minimum Gasteiger partial charge on any atom is -0.381 e. The van der Waals surface area contributed by atoms with Crippen molar-refractivity contribution in [1.82, 2.24) is 20.5 Å². The Morgan fingerprint density at radius 1 is 1.48 bits per heavy atom. The van der Waals surface area contributed by atoms with E-state index in [1.54, 1.807) is 30.3 Å². The van der Waals surface area contributed by atoms with Gasteiger partial charge < -0.3 is 20.3 Å². The predicted octanol–water partition coefficient (Wildman–Crippen LogP) is 0.754. The molecular weight excluding hydrogens is 314 g/mol. The van der Waals surface area contributed by atoms with Crippen LogP contribution in [0.4, 0.5) is 0 Å². The van der Waals surface area contributed by atoms with Gasteiger partial charge in [-0.15, -0.1) is 11.3 Å².